The van der Waals surface area contributed by atoms with Gasteiger partial charge in [0.1, 0.15) is 23.2 Å². The van der Waals surface area contributed by atoms with Gasteiger partial charge in [-0.3, -0.25) is 9.69 Å². The fourth-order valence-electron chi connectivity index (χ4n) is 3.05. The molecule has 0 spiro atoms. The maximum Gasteiger partial charge on any atom is 0.317 e. The number of nitrogens with zero attached hydrogens (tertiary/aromatic N) is 1. The molecule has 0 fully saturated rings. The van der Waals surface area contributed by atoms with Gasteiger partial charge in [0.25, 0.3) is 0 Å². The molecule has 0 radical (unpaired) electrons. The molecule has 2 unspecified atom stereocenters. The summed E-state index contributed by atoms with van der Waals surface area (Å²) in [6.07, 6.45) is -0.899. The molecule has 0 amide bonds. The lowest BCUT2D eigenvalue weighted by atomic mass is 9.84. The highest BCUT2D eigenvalue weighted by Gasteiger charge is 2.46. The van der Waals surface area contributed by atoms with E-state index < -0.39 is 23.7 Å². The predicted octanol–water partition coefficient (Wildman–Crippen LogP) is 1.28. The Morgan fingerprint density at radius 2 is 2.14 bits per heavy atom. The SMILES string of the molecule is COc1cccc2c1C(O)C(N(C)CC(=O)O)C(C)(C)O2. The second-order valence-electron chi connectivity index (χ2n) is 5.78. The molecule has 1 aliphatic rings. The summed E-state index contributed by atoms with van der Waals surface area (Å²) in [4.78, 5) is 12.5. The lowest BCUT2D eigenvalue weighted by Crippen LogP contribution is -2.57. The largest absolute Gasteiger partial charge is 0.496 e. The first-order chi connectivity index (χ1) is 9.77. The van der Waals surface area contributed by atoms with Crippen LogP contribution in [0.2, 0.25) is 0 Å². The summed E-state index contributed by atoms with van der Waals surface area (Å²) in [5, 5.41) is 19.7. The van der Waals surface area contributed by atoms with Crippen molar-refractivity contribution in [3.8, 4) is 11.5 Å². The van der Waals surface area contributed by atoms with E-state index in [9.17, 15) is 9.90 Å². The Labute approximate surface area is 123 Å². The van der Waals surface area contributed by atoms with E-state index in [0.717, 1.165) is 0 Å². The van der Waals surface area contributed by atoms with Crippen LogP contribution in [0.15, 0.2) is 18.2 Å². The van der Waals surface area contributed by atoms with Crippen LogP contribution >= 0.6 is 0 Å². The van der Waals surface area contributed by atoms with E-state index in [1.807, 2.05) is 13.8 Å². The average molecular weight is 295 g/mol. The number of aliphatic hydroxyl groups excluding tert-OH is 1. The molecular weight excluding hydrogens is 274 g/mol. The molecule has 116 valence electrons. The third kappa shape index (κ3) is 2.82. The van der Waals surface area contributed by atoms with Crippen LogP contribution in [-0.2, 0) is 4.79 Å². The van der Waals surface area contributed by atoms with E-state index in [2.05, 4.69) is 0 Å². The van der Waals surface area contributed by atoms with Gasteiger partial charge in [-0.15, -0.1) is 0 Å². The molecule has 1 aromatic rings. The predicted molar refractivity (Wildman–Crippen MR) is 76.7 cm³/mol. The van der Waals surface area contributed by atoms with Crippen LogP contribution in [-0.4, -0.2) is 53.4 Å². The zero-order valence-corrected chi connectivity index (χ0v) is 12.7. The number of aliphatic carboxylic acids is 1. The number of carboxylic acid groups (broad SMARTS) is 1. The van der Waals surface area contributed by atoms with Crippen molar-refractivity contribution in [2.45, 2.75) is 31.6 Å². The first-order valence-corrected chi connectivity index (χ1v) is 6.74. The molecule has 2 atom stereocenters. The number of carboxylic acids is 1. The number of likely N-dealkylation sites (N-methyl/N-ethyl adjacent to an activating group) is 1. The monoisotopic (exact) mass is 295 g/mol. The molecule has 2 rings (SSSR count). The molecule has 0 saturated carbocycles. The molecule has 0 saturated heterocycles. The van der Waals surface area contributed by atoms with Crippen LogP contribution in [0.3, 0.4) is 0 Å². The smallest absolute Gasteiger partial charge is 0.317 e. The van der Waals surface area contributed by atoms with Gasteiger partial charge in [-0.1, -0.05) is 6.07 Å². The molecule has 21 heavy (non-hydrogen) atoms. The third-order valence-corrected chi connectivity index (χ3v) is 3.79. The quantitative estimate of drug-likeness (QED) is 0.871. The molecule has 0 aliphatic carbocycles. The van der Waals surface area contributed by atoms with E-state index >= 15 is 0 Å². The van der Waals surface area contributed by atoms with E-state index in [1.165, 1.54) is 7.11 Å². The van der Waals surface area contributed by atoms with Gasteiger partial charge in [0.05, 0.1) is 25.3 Å². The molecule has 1 heterocycles. The number of fused-ring (bicyclic) bond motifs is 1. The Morgan fingerprint density at radius 3 is 2.71 bits per heavy atom. The van der Waals surface area contributed by atoms with E-state index in [-0.39, 0.29) is 6.54 Å². The fourth-order valence-corrected chi connectivity index (χ4v) is 3.05. The van der Waals surface area contributed by atoms with Crippen molar-refractivity contribution in [3.05, 3.63) is 23.8 Å². The minimum atomic E-state index is -0.952. The second-order valence-corrected chi connectivity index (χ2v) is 5.78. The first kappa shape index (κ1) is 15.6. The zero-order chi connectivity index (χ0) is 15.8. The van der Waals surface area contributed by atoms with Crippen molar-refractivity contribution in [2.24, 2.45) is 0 Å². The van der Waals surface area contributed by atoms with Gasteiger partial charge in [0, 0.05) is 0 Å². The summed E-state index contributed by atoms with van der Waals surface area (Å²) in [5.74, 6) is 0.141. The van der Waals surface area contributed by atoms with Gasteiger partial charge < -0.3 is 19.7 Å². The third-order valence-electron chi connectivity index (χ3n) is 3.79. The molecule has 1 aliphatic heterocycles. The highest BCUT2D eigenvalue weighted by molar-refractivity contribution is 5.69. The Hall–Kier alpha value is -1.79. The lowest BCUT2D eigenvalue weighted by Gasteiger charge is -2.46. The first-order valence-electron chi connectivity index (χ1n) is 6.74. The van der Waals surface area contributed by atoms with Crippen molar-refractivity contribution < 1.29 is 24.5 Å². The number of benzene rings is 1. The van der Waals surface area contributed by atoms with Crippen LogP contribution in [0, 0.1) is 0 Å². The van der Waals surface area contributed by atoms with Crippen molar-refractivity contribution in [2.75, 3.05) is 20.7 Å². The minimum absolute atomic E-state index is 0.182. The number of hydrogen-bond donors (Lipinski definition) is 2. The Balaban J connectivity index is 2.45. The molecule has 2 N–H and O–H groups in total. The normalized spacial score (nSPS) is 23.3. The van der Waals surface area contributed by atoms with Crippen molar-refractivity contribution in [1.82, 2.24) is 4.90 Å². The number of aliphatic hydroxyl groups is 1. The van der Waals surface area contributed by atoms with Crippen molar-refractivity contribution >= 4 is 5.97 Å². The Bertz CT molecular complexity index is 543. The summed E-state index contributed by atoms with van der Waals surface area (Å²) in [5.41, 5.74) is -0.176. The number of rotatable bonds is 4. The number of carbonyl (C=O) groups is 1. The van der Waals surface area contributed by atoms with Crippen LogP contribution < -0.4 is 9.47 Å². The topological polar surface area (TPSA) is 79.2 Å². The molecule has 6 nitrogen and oxygen atoms in total. The molecule has 0 bridgehead atoms. The molecule has 1 aromatic carbocycles. The highest BCUT2D eigenvalue weighted by Crippen LogP contribution is 2.45. The summed E-state index contributed by atoms with van der Waals surface area (Å²) in [6.45, 7) is 3.49. The van der Waals surface area contributed by atoms with Crippen LogP contribution in [0.25, 0.3) is 0 Å². The van der Waals surface area contributed by atoms with Gasteiger partial charge >= 0.3 is 5.97 Å². The summed E-state index contributed by atoms with van der Waals surface area (Å²) in [6, 6.07) is 4.81. The Morgan fingerprint density at radius 1 is 1.48 bits per heavy atom. The number of ether oxygens (including phenoxy) is 2. The van der Waals surface area contributed by atoms with Gasteiger partial charge in [-0.25, -0.2) is 0 Å². The van der Waals surface area contributed by atoms with Crippen LogP contribution in [0.1, 0.15) is 25.5 Å². The molecular formula is C15H21NO5. The summed E-state index contributed by atoms with van der Waals surface area (Å²) in [7, 11) is 3.19. The van der Waals surface area contributed by atoms with Gasteiger partial charge in [-0.05, 0) is 33.0 Å². The van der Waals surface area contributed by atoms with Gasteiger partial charge in [0.15, 0.2) is 0 Å². The van der Waals surface area contributed by atoms with Crippen LogP contribution in [0.5, 0.6) is 11.5 Å². The van der Waals surface area contributed by atoms with Crippen molar-refractivity contribution in [1.29, 1.82) is 0 Å². The highest BCUT2D eigenvalue weighted by atomic mass is 16.5. The van der Waals surface area contributed by atoms with E-state index in [1.54, 1.807) is 30.1 Å². The van der Waals surface area contributed by atoms with E-state index in [4.69, 9.17) is 14.6 Å². The van der Waals surface area contributed by atoms with Gasteiger partial charge in [0.2, 0.25) is 0 Å². The maximum atomic E-state index is 10.9. The summed E-state index contributed by atoms with van der Waals surface area (Å²) >= 11 is 0. The zero-order valence-electron chi connectivity index (χ0n) is 12.7. The summed E-state index contributed by atoms with van der Waals surface area (Å²) < 4.78 is 11.3. The van der Waals surface area contributed by atoms with Crippen LogP contribution in [0.4, 0.5) is 0 Å². The fraction of sp³-hybridized carbons (Fsp3) is 0.533. The number of hydrogen-bond acceptors (Lipinski definition) is 5. The maximum absolute atomic E-state index is 10.9. The second kappa shape index (κ2) is 5.54. The molecule has 0 aromatic heterocycles. The molecule has 6 heteroatoms. The average Bonchev–Trinajstić information content (AvgIpc) is 2.35. The Kier molecular flexibility index (Phi) is 4.11. The number of methoxy groups -OCH3 is 1. The standard InChI is InChI=1S/C15H21NO5/c1-15(2)14(16(3)8-11(17)18)13(19)12-9(20-4)6-5-7-10(12)21-15/h5-7,13-14,19H,8H2,1-4H3,(H,17,18). The minimum Gasteiger partial charge on any atom is -0.496 e. The van der Waals surface area contributed by atoms with Gasteiger partial charge in [-0.2, -0.15) is 0 Å². The van der Waals surface area contributed by atoms with E-state index in [0.29, 0.717) is 17.1 Å². The lowest BCUT2D eigenvalue weighted by molar-refractivity contribution is -0.142. The van der Waals surface area contributed by atoms with Crippen molar-refractivity contribution in [3.63, 3.8) is 0 Å².